The molecule has 1 rings (SSSR count). The lowest BCUT2D eigenvalue weighted by Gasteiger charge is -2.37. The second kappa shape index (κ2) is 9.73. The fraction of sp³-hybridized carbons (Fsp3) is 1.00. The molecule has 0 saturated carbocycles. The Morgan fingerprint density at radius 1 is 0.531 bits per heavy atom. The SMILES string of the molecule is C[Si](C)(C)OP(=O)(O[Si](C)(C)C)OP1(=O)OP(=O)(O[Si](C)(C)C)OP(=O)(O[Si](C)(C)C)O1. The molecule has 1 aliphatic rings. The van der Waals surface area contributed by atoms with Gasteiger partial charge in [0.1, 0.15) is 0 Å². The lowest BCUT2D eigenvalue weighted by molar-refractivity contribution is 0.163. The van der Waals surface area contributed by atoms with Gasteiger partial charge in [0.05, 0.1) is 0 Å². The predicted octanol–water partition coefficient (Wildman–Crippen LogP) is 7.90. The minimum absolute atomic E-state index is 1.65. The molecule has 1 aliphatic heterocycles. The van der Waals surface area contributed by atoms with Crippen LogP contribution in [0.3, 0.4) is 0 Å². The van der Waals surface area contributed by atoms with E-state index in [1.165, 1.54) is 0 Å². The van der Waals surface area contributed by atoms with Gasteiger partial charge in [-0.2, -0.15) is 17.2 Å². The Labute approximate surface area is 195 Å². The molecule has 2 unspecified atom stereocenters. The minimum atomic E-state index is -5.15. The molecule has 1 fully saturated rings. The highest BCUT2D eigenvalue weighted by atomic mass is 31.3. The van der Waals surface area contributed by atoms with E-state index >= 15 is 0 Å². The van der Waals surface area contributed by atoms with Crippen molar-refractivity contribution in [3.63, 3.8) is 0 Å². The van der Waals surface area contributed by atoms with Gasteiger partial charge in [-0.05, 0) is 78.6 Å². The summed E-state index contributed by atoms with van der Waals surface area (Å²) < 4.78 is 95.7. The van der Waals surface area contributed by atoms with Crippen LogP contribution in [-0.4, -0.2) is 33.3 Å². The molecule has 0 aliphatic carbocycles. The van der Waals surface area contributed by atoms with Crippen molar-refractivity contribution < 1.29 is 52.4 Å². The first kappa shape index (κ1) is 31.5. The molecule has 0 radical (unpaired) electrons. The molecule has 0 N–H and O–H groups in total. The van der Waals surface area contributed by atoms with Crippen molar-refractivity contribution in [2.45, 2.75) is 78.6 Å². The van der Waals surface area contributed by atoms with Crippen LogP contribution < -0.4 is 0 Å². The highest BCUT2D eigenvalue weighted by molar-refractivity contribution is 7.78. The number of rotatable bonds is 10. The van der Waals surface area contributed by atoms with Crippen molar-refractivity contribution in [1.29, 1.82) is 0 Å². The largest absolute Gasteiger partial charge is 0.501 e. The van der Waals surface area contributed by atoms with Crippen molar-refractivity contribution in [2.75, 3.05) is 0 Å². The zero-order valence-electron chi connectivity index (χ0n) is 20.7. The second-order valence-corrected chi connectivity index (χ2v) is 36.9. The molecule has 32 heavy (non-hydrogen) atoms. The molecular weight excluding hydrogens is 572 g/mol. The molecule has 0 aromatic rings. The van der Waals surface area contributed by atoms with Crippen molar-refractivity contribution in [3.05, 3.63) is 0 Å². The Bertz CT molecular complexity index is 822. The lowest BCUT2D eigenvalue weighted by atomic mass is 11.8. The van der Waals surface area contributed by atoms with Crippen molar-refractivity contribution in [2.24, 2.45) is 0 Å². The number of phosphoric acid groups is 4. The summed E-state index contributed by atoms with van der Waals surface area (Å²) in [5, 5.41) is 0. The van der Waals surface area contributed by atoms with Gasteiger partial charge in [0.2, 0.25) is 0 Å². The zero-order chi connectivity index (χ0) is 25.7. The maximum absolute atomic E-state index is 13.5. The number of hydrogen-bond donors (Lipinski definition) is 0. The average Bonchev–Trinajstić information content (AvgIpc) is 2.20. The maximum Gasteiger partial charge on any atom is 0.501 e. The molecule has 0 aromatic carbocycles. The third-order valence-corrected chi connectivity index (χ3v) is 21.1. The summed E-state index contributed by atoms with van der Waals surface area (Å²) in [6.45, 7) is 20.1. The molecule has 1 heterocycles. The van der Waals surface area contributed by atoms with Gasteiger partial charge in [-0.25, -0.2) is 18.3 Å². The smallest absolute Gasteiger partial charge is 0.330 e. The first-order valence-corrected chi connectivity index (χ1v) is 29.2. The highest BCUT2D eigenvalue weighted by Crippen LogP contribution is 2.86. The molecule has 0 bridgehead atoms. The summed E-state index contributed by atoms with van der Waals surface area (Å²) >= 11 is 0. The van der Waals surface area contributed by atoms with Crippen LogP contribution in [0.25, 0.3) is 0 Å². The van der Waals surface area contributed by atoms with Gasteiger partial charge in [-0.1, -0.05) is 0 Å². The van der Waals surface area contributed by atoms with Crippen LogP contribution in [-0.2, 0) is 52.4 Å². The maximum atomic E-state index is 13.5. The van der Waals surface area contributed by atoms with Crippen LogP contribution in [0.1, 0.15) is 0 Å². The monoisotopic (exact) mass is 608 g/mol. The van der Waals surface area contributed by atoms with Crippen molar-refractivity contribution >= 4 is 64.6 Å². The molecule has 12 nitrogen and oxygen atoms in total. The van der Waals surface area contributed by atoms with E-state index in [1.54, 1.807) is 78.6 Å². The van der Waals surface area contributed by atoms with E-state index < -0.39 is 64.6 Å². The Hall–Kier alpha value is 1.47. The molecule has 0 aromatic heterocycles. The third kappa shape index (κ3) is 11.9. The molecule has 20 heteroatoms. The van der Waals surface area contributed by atoms with E-state index in [-0.39, 0.29) is 0 Å². The lowest BCUT2D eigenvalue weighted by Crippen LogP contribution is -2.31. The van der Waals surface area contributed by atoms with Gasteiger partial charge >= 0.3 is 31.3 Å². The quantitative estimate of drug-likeness (QED) is 0.176. The zero-order valence-corrected chi connectivity index (χ0v) is 28.3. The molecule has 192 valence electrons. The highest BCUT2D eigenvalue weighted by Gasteiger charge is 2.62. The van der Waals surface area contributed by atoms with Gasteiger partial charge in [-0.15, -0.1) is 0 Å². The topological polar surface area (TPSA) is 142 Å². The van der Waals surface area contributed by atoms with Gasteiger partial charge in [-0.3, -0.25) is 0 Å². The van der Waals surface area contributed by atoms with Crippen molar-refractivity contribution in [3.8, 4) is 0 Å². The summed E-state index contributed by atoms with van der Waals surface area (Å²) in [4.78, 5) is 0. The summed E-state index contributed by atoms with van der Waals surface area (Å²) in [6, 6.07) is 0. The fourth-order valence-electron chi connectivity index (χ4n) is 2.02. The van der Waals surface area contributed by atoms with Crippen LogP contribution in [0.4, 0.5) is 0 Å². The molecule has 0 amide bonds. The molecule has 1 saturated heterocycles. The van der Waals surface area contributed by atoms with Crippen LogP contribution in [0.15, 0.2) is 0 Å². The van der Waals surface area contributed by atoms with Gasteiger partial charge < -0.3 is 16.9 Å². The first-order chi connectivity index (χ1) is 13.7. The Morgan fingerprint density at radius 3 is 1.06 bits per heavy atom. The Kier molecular flexibility index (Phi) is 9.58. The Balaban J connectivity index is 3.50. The van der Waals surface area contributed by atoms with E-state index in [0.717, 1.165) is 0 Å². The van der Waals surface area contributed by atoms with E-state index in [4.69, 9.17) is 34.1 Å². The Morgan fingerprint density at radius 2 is 0.812 bits per heavy atom. The summed E-state index contributed by atoms with van der Waals surface area (Å²) in [7, 11) is -29.8. The summed E-state index contributed by atoms with van der Waals surface area (Å²) in [5.74, 6) is 0. The van der Waals surface area contributed by atoms with Crippen LogP contribution in [0.5, 0.6) is 0 Å². The van der Waals surface area contributed by atoms with E-state index in [1.807, 2.05) is 0 Å². The summed E-state index contributed by atoms with van der Waals surface area (Å²) in [6.07, 6.45) is 0. The van der Waals surface area contributed by atoms with E-state index in [9.17, 15) is 18.3 Å². The second-order valence-electron chi connectivity index (χ2n) is 10.9. The van der Waals surface area contributed by atoms with E-state index in [2.05, 4.69) is 0 Å². The number of hydrogen-bond acceptors (Lipinski definition) is 12. The normalized spacial score (nSPS) is 31.0. The molecule has 0 spiro atoms. The molecular formula is C12H36O12P4Si4. The first-order valence-electron chi connectivity index (χ1n) is 9.74. The third-order valence-electron chi connectivity index (χ3n) is 2.34. The van der Waals surface area contributed by atoms with E-state index in [0.29, 0.717) is 0 Å². The van der Waals surface area contributed by atoms with Gasteiger partial charge in [0, 0.05) is 0 Å². The molecule has 2 atom stereocenters. The van der Waals surface area contributed by atoms with Gasteiger partial charge in [0.15, 0.2) is 33.3 Å². The van der Waals surface area contributed by atoms with Crippen LogP contribution in [0.2, 0.25) is 78.6 Å². The summed E-state index contributed by atoms with van der Waals surface area (Å²) in [5.41, 5.74) is 0. The average molecular weight is 609 g/mol. The predicted molar refractivity (Wildman–Crippen MR) is 132 cm³/mol. The fourth-order valence-corrected chi connectivity index (χ4v) is 21.7. The van der Waals surface area contributed by atoms with Crippen LogP contribution >= 0.6 is 31.3 Å². The van der Waals surface area contributed by atoms with Crippen LogP contribution in [0, 0.1) is 0 Å². The minimum Gasteiger partial charge on any atom is -0.330 e. The van der Waals surface area contributed by atoms with Gasteiger partial charge in [0.25, 0.3) is 0 Å². The standard InChI is InChI=1S/C12H36O12P4Si4/c1-29(2,3)21-26(14)17-25(13,18-27(15,20-26)22-30(4,5)6)19-28(16,23-31(7,8)9)24-32(10,11)12/h1-12H3. The van der Waals surface area contributed by atoms with Crippen molar-refractivity contribution in [1.82, 2.24) is 0 Å².